The van der Waals surface area contributed by atoms with Gasteiger partial charge in [0.2, 0.25) is 0 Å². The lowest BCUT2D eigenvalue weighted by Crippen LogP contribution is -2.16. The largest absolute Gasteiger partial charge is 0.396 e. The molecule has 0 aromatic carbocycles. The van der Waals surface area contributed by atoms with Crippen molar-refractivity contribution in [3.8, 4) is 0 Å². The lowest BCUT2D eigenvalue weighted by Gasteiger charge is -2.00. The number of nitrogens with one attached hydrogen (secondary N) is 1. The molecule has 1 heterocycles. The van der Waals surface area contributed by atoms with E-state index < -0.39 is 0 Å². The van der Waals surface area contributed by atoms with Gasteiger partial charge in [-0.3, -0.25) is 0 Å². The third-order valence-electron chi connectivity index (χ3n) is 1.45. The van der Waals surface area contributed by atoms with Gasteiger partial charge in [0, 0.05) is 19.3 Å². The first-order valence-corrected chi connectivity index (χ1v) is 4.01. The molecule has 0 saturated carbocycles. The first-order valence-electron chi connectivity index (χ1n) is 4.01. The number of nitrogens with zero attached hydrogens (tertiary/aromatic N) is 2. The van der Waals surface area contributed by atoms with Crippen molar-refractivity contribution in [2.75, 3.05) is 13.2 Å². The summed E-state index contributed by atoms with van der Waals surface area (Å²) >= 11 is 0. The first kappa shape index (κ1) is 9.09. The van der Waals surface area contributed by atoms with Crippen molar-refractivity contribution in [1.82, 2.24) is 15.5 Å². The quantitative estimate of drug-likeness (QED) is 0.604. The average Bonchev–Trinajstić information content (AvgIpc) is 2.14. The second kappa shape index (κ2) is 5.62. The van der Waals surface area contributed by atoms with E-state index in [0.717, 1.165) is 18.7 Å². The molecule has 0 atom stereocenters. The van der Waals surface area contributed by atoms with E-state index in [1.54, 1.807) is 6.20 Å². The van der Waals surface area contributed by atoms with Gasteiger partial charge >= 0.3 is 0 Å². The molecule has 0 fully saturated rings. The zero-order chi connectivity index (χ0) is 8.65. The highest BCUT2D eigenvalue weighted by molar-refractivity contribution is 4.98. The molecule has 0 aliphatic rings. The van der Waals surface area contributed by atoms with Crippen LogP contribution in [-0.2, 0) is 6.54 Å². The fraction of sp³-hybridized carbons (Fsp3) is 0.500. The summed E-state index contributed by atoms with van der Waals surface area (Å²) in [5.41, 5.74) is 0.926. The lowest BCUT2D eigenvalue weighted by atomic mass is 10.4. The maximum atomic E-state index is 8.50. The molecule has 4 nitrogen and oxygen atoms in total. The highest BCUT2D eigenvalue weighted by atomic mass is 16.3. The van der Waals surface area contributed by atoms with Crippen LogP contribution in [0.5, 0.6) is 0 Å². The van der Waals surface area contributed by atoms with E-state index >= 15 is 0 Å². The SMILES string of the molecule is OCCCNCc1cccnn1. The predicted molar refractivity (Wildman–Crippen MR) is 45.4 cm³/mol. The van der Waals surface area contributed by atoms with Crippen molar-refractivity contribution in [2.45, 2.75) is 13.0 Å². The van der Waals surface area contributed by atoms with Crippen molar-refractivity contribution in [1.29, 1.82) is 0 Å². The summed E-state index contributed by atoms with van der Waals surface area (Å²) in [4.78, 5) is 0. The van der Waals surface area contributed by atoms with Crippen LogP contribution in [0, 0.1) is 0 Å². The van der Waals surface area contributed by atoms with Gasteiger partial charge < -0.3 is 10.4 Å². The zero-order valence-electron chi connectivity index (χ0n) is 6.90. The van der Waals surface area contributed by atoms with Crippen LogP contribution in [0.2, 0.25) is 0 Å². The molecule has 1 aromatic rings. The summed E-state index contributed by atoms with van der Waals surface area (Å²) in [6.45, 7) is 1.76. The first-order chi connectivity index (χ1) is 5.93. The van der Waals surface area contributed by atoms with Crippen molar-refractivity contribution in [3.05, 3.63) is 24.0 Å². The van der Waals surface area contributed by atoms with E-state index in [1.807, 2.05) is 12.1 Å². The minimum absolute atomic E-state index is 0.230. The van der Waals surface area contributed by atoms with Gasteiger partial charge in [0.25, 0.3) is 0 Å². The van der Waals surface area contributed by atoms with Crippen LogP contribution in [0.1, 0.15) is 12.1 Å². The van der Waals surface area contributed by atoms with Gasteiger partial charge in [-0.05, 0) is 25.1 Å². The van der Waals surface area contributed by atoms with E-state index in [0.29, 0.717) is 6.54 Å². The summed E-state index contributed by atoms with van der Waals surface area (Å²) in [5, 5.41) is 19.3. The van der Waals surface area contributed by atoms with Crippen LogP contribution in [0.4, 0.5) is 0 Å². The Labute approximate surface area is 71.6 Å². The van der Waals surface area contributed by atoms with Gasteiger partial charge in [0.05, 0.1) is 5.69 Å². The third-order valence-corrected chi connectivity index (χ3v) is 1.45. The lowest BCUT2D eigenvalue weighted by molar-refractivity contribution is 0.286. The van der Waals surface area contributed by atoms with Crippen LogP contribution < -0.4 is 5.32 Å². The summed E-state index contributed by atoms with van der Waals surface area (Å²) < 4.78 is 0. The van der Waals surface area contributed by atoms with E-state index in [1.165, 1.54) is 0 Å². The minimum atomic E-state index is 0.230. The summed E-state index contributed by atoms with van der Waals surface area (Å²) in [5.74, 6) is 0. The van der Waals surface area contributed by atoms with Crippen LogP contribution in [0.3, 0.4) is 0 Å². The smallest absolute Gasteiger partial charge is 0.0768 e. The molecular weight excluding hydrogens is 154 g/mol. The Morgan fingerprint density at radius 2 is 2.42 bits per heavy atom. The zero-order valence-corrected chi connectivity index (χ0v) is 6.90. The molecule has 0 saturated heterocycles. The van der Waals surface area contributed by atoms with Crippen LogP contribution in [0.25, 0.3) is 0 Å². The summed E-state index contributed by atoms with van der Waals surface area (Å²) in [6, 6.07) is 3.77. The molecule has 4 heteroatoms. The number of aromatic nitrogens is 2. The molecule has 0 amide bonds. The fourth-order valence-electron chi connectivity index (χ4n) is 0.848. The molecule has 0 bridgehead atoms. The van der Waals surface area contributed by atoms with Crippen LogP contribution in [-0.4, -0.2) is 28.5 Å². The standard InChI is InChI=1S/C8H13N3O/c12-6-2-4-9-7-8-3-1-5-10-11-8/h1,3,5,9,12H,2,4,6-7H2. The van der Waals surface area contributed by atoms with Gasteiger partial charge in [0.1, 0.15) is 0 Å². The predicted octanol–water partition coefficient (Wildman–Crippen LogP) is -0.0514. The third kappa shape index (κ3) is 3.41. The van der Waals surface area contributed by atoms with Crippen molar-refractivity contribution in [3.63, 3.8) is 0 Å². The molecule has 12 heavy (non-hydrogen) atoms. The molecule has 0 unspecified atom stereocenters. The number of hydrogen-bond acceptors (Lipinski definition) is 4. The second-order valence-corrected chi connectivity index (χ2v) is 2.47. The number of rotatable bonds is 5. The number of aliphatic hydroxyl groups excluding tert-OH is 1. The van der Waals surface area contributed by atoms with E-state index in [2.05, 4.69) is 15.5 Å². The summed E-state index contributed by atoms with van der Waals surface area (Å²) in [6.07, 6.45) is 2.43. The normalized spacial score (nSPS) is 10.1. The second-order valence-electron chi connectivity index (χ2n) is 2.47. The molecule has 0 spiro atoms. The van der Waals surface area contributed by atoms with Crippen molar-refractivity contribution < 1.29 is 5.11 Å². The van der Waals surface area contributed by atoms with Crippen molar-refractivity contribution in [2.24, 2.45) is 0 Å². The van der Waals surface area contributed by atoms with Gasteiger partial charge in [-0.2, -0.15) is 10.2 Å². The summed E-state index contributed by atoms with van der Waals surface area (Å²) in [7, 11) is 0. The average molecular weight is 167 g/mol. The van der Waals surface area contributed by atoms with Gasteiger partial charge in [0.15, 0.2) is 0 Å². The molecule has 0 aliphatic heterocycles. The van der Waals surface area contributed by atoms with E-state index in [9.17, 15) is 0 Å². The maximum Gasteiger partial charge on any atom is 0.0768 e. The van der Waals surface area contributed by atoms with Gasteiger partial charge in [-0.15, -0.1) is 0 Å². The Bertz CT molecular complexity index is 203. The highest BCUT2D eigenvalue weighted by Gasteiger charge is 1.91. The number of hydrogen-bond donors (Lipinski definition) is 2. The highest BCUT2D eigenvalue weighted by Crippen LogP contribution is 1.89. The Morgan fingerprint density at radius 3 is 3.08 bits per heavy atom. The maximum absolute atomic E-state index is 8.50. The molecule has 2 N–H and O–H groups in total. The molecule has 0 radical (unpaired) electrons. The Hall–Kier alpha value is -1.00. The van der Waals surface area contributed by atoms with Gasteiger partial charge in [-0.25, -0.2) is 0 Å². The van der Waals surface area contributed by atoms with Crippen LogP contribution >= 0.6 is 0 Å². The Kier molecular flexibility index (Phi) is 4.26. The van der Waals surface area contributed by atoms with Crippen molar-refractivity contribution >= 4 is 0 Å². The Balaban J connectivity index is 2.16. The van der Waals surface area contributed by atoms with Crippen LogP contribution in [0.15, 0.2) is 18.3 Å². The minimum Gasteiger partial charge on any atom is -0.396 e. The van der Waals surface area contributed by atoms with E-state index in [4.69, 9.17) is 5.11 Å². The van der Waals surface area contributed by atoms with E-state index in [-0.39, 0.29) is 6.61 Å². The molecule has 0 aliphatic carbocycles. The van der Waals surface area contributed by atoms with Gasteiger partial charge in [-0.1, -0.05) is 0 Å². The Morgan fingerprint density at radius 1 is 1.50 bits per heavy atom. The fourth-order valence-corrected chi connectivity index (χ4v) is 0.848. The monoisotopic (exact) mass is 167 g/mol. The molecule has 66 valence electrons. The molecule has 1 aromatic heterocycles. The number of aliphatic hydroxyl groups is 1. The molecule has 1 rings (SSSR count). The molecular formula is C8H13N3O. The topological polar surface area (TPSA) is 58.0 Å².